The first kappa shape index (κ1) is 14.8. The molecule has 3 fully saturated rings. The summed E-state index contributed by atoms with van der Waals surface area (Å²) in [5.41, 5.74) is -0.606. The molecule has 5 unspecified atom stereocenters. The Balaban J connectivity index is 1.86. The van der Waals surface area contributed by atoms with Crippen LogP contribution >= 0.6 is 0 Å². The zero-order valence-corrected chi connectivity index (χ0v) is 13.1. The lowest BCUT2D eigenvalue weighted by Gasteiger charge is -2.30. The largest absolute Gasteiger partial charge is 0.459 e. The van der Waals surface area contributed by atoms with E-state index in [0.29, 0.717) is 12.8 Å². The Morgan fingerprint density at radius 3 is 2.76 bits per heavy atom. The molecule has 21 heavy (non-hydrogen) atoms. The van der Waals surface area contributed by atoms with Gasteiger partial charge in [0.2, 0.25) is 0 Å². The van der Waals surface area contributed by atoms with Gasteiger partial charge in [-0.3, -0.25) is 8.98 Å². The second-order valence-corrected chi connectivity index (χ2v) is 8.76. The molecule has 0 aromatic heterocycles. The zero-order valence-electron chi connectivity index (χ0n) is 12.3. The number of hydrogen-bond donors (Lipinski definition) is 0. The first-order valence-corrected chi connectivity index (χ1v) is 8.64. The number of nitriles is 1. The van der Waals surface area contributed by atoms with Crippen molar-refractivity contribution >= 4 is 16.1 Å². The van der Waals surface area contributed by atoms with Crippen molar-refractivity contribution in [1.82, 2.24) is 0 Å². The van der Waals surface area contributed by atoms with Crippen LogP contribution in [0.5, 0.6) is 0 Å². The van der Waals surface area contributed by atoms with Crippen molar-refractivity contribution in [2.24, 2.45) is 17.3 Å². The summed E-state index contributed by atoms with van der Waals surface area (Å²) in [5.74, 6) is -0.813. The Hall–Kier alpha value is -1.13. The van der Waals surface area contributed by atoms with E-state index in [-0.39, 0.29) is 24.2 Å². The summed E-state index contributed by atoms with van der Waals surface area (Å²) in [5, 5.41) is 9.32. The number of ether oxygens (including phenoxy) is 1. The second-order valence-electron chi connectivity index (χ2n) is 6.93. The minimum absolute atomic E-state index is 0.103. The van der Waals surface area contributed by atoms with Gasteiger partial charge >= 0.3 is 5.97 Å². The van der Waals surface area contributed by atoms with Gasteiger partial charge in [0, 0.05) is 11.8 Å². The highest BCUT2D eigenvalue weighted by atomic mass is 32.2. The van der Waals surface area contributed by atoms with E-state index < -0.39 is 32.5 Å². The van der Waals surface area contributed by atoms with Gasteiger partial charge in [-0.15, -0.1) is 0 Å². The first-order valence-electron chi connectivity index (χ1n) is 7.24. The van der Waals surface area contributed by atoms with Gasteiger partial charge in [0.05, 0.1) is 11.5 Å². The molecule has 0 aromatic rings. The number of carbonyl (C=O) groups is 1. The van der Waals surface area contributed by atoms with E-state index in [4.69, 9.17) is 8.92 Å². The number of fused-ring (bicyclic) bond motifs is 1. The lowest BCUT2D eigenvalue weighted by atomic mass is 9.84. The number of rotatable bonds is 3. The van der Waals surface area contributed by atoms with E-state index in [1.807, 2.05) is 13.0 Å². The van der Waals surface area contributed by atoms with Crippen molar-refractivity contribution in [3.05, 3.63) is 0 Å². The average Bonchev–Trinajstić information content (AvgIpc) is 2.99. The molecule has 1 heterocycles. The summed E-state index contributed by atoms with van der Waals surface area (Å²) in [6, 6.07) is 1.95. The molecule has 0 N–H and O–H groups in total. The van der Waals surface area contributed by atoms with E-state index >= 15 is 0 Å². The number of carbonyl (C=O) groups excluding carboxylic acids is 1. The summed E-state index contributed by atoms with van der Waals surface area (Å²) in [4.78, 5) is 12.2. The van der Waals surface area contributed by atoms with E-state index in [2.05, 4.69) is 0 Å². The van der Waals surface area contributed by atoms with Crippen LogP contribution < -0.4 is 0 Å². The maximum atomic E-state index is 12.2. The number of nitrogens with zero attached hydrogens (tertiary/aromatic N) is 1. The molecule has 2 bridgehead atoms. The van der Waals surface area contributed by atoms with Crippen LogP contribution in [0.2, 0.25) is 0 Å². The first-order chi connectivity index (χ1) is 9.68. The summed E-state index contributed by atoms with van der Waals surface area (Å²) in [6.45, 7) is 5.50. The van der Waals surface area contributed by atoms with Crippen LogP contribution in [0, 0.1) is 28.6 Å². The highest BCUT2D eigenvalue weighted by molar-refractivity contribution is 7.88. The molecule has 0 radical (unpaired) electrons. The molecule has 3 aliphatic rings. The topological polar surface area (TPSA) is 93.5 Å². The summed E-state index contributed by atoms with van der Waals surface area (Å²) in [6.07, 6.45) is 0.176. The third-order valence-electron chi connectivity index (χ3n) is 5.46. The zero-order chi connectivity index (χ0) is 15.6. The van der Waals surface area contributed by atoms with Gasteiger partial charge in [-0.2, -0.15) is 13.7 Å². The van der Waals surface area contributed by atoms with Crippen molar-refractivity contribution in [3.8, 4) is 6.07 Å². The minimum atomic E-state index is -3.91. The van der Waals surface area contributed by atoms with Crippen LogP contribution in [0.3, 0.4) is 0 Å². The predicted octanol–water partition coefficient (Wildman–Crippen LogP) is 1.37. The van der Waals surface area contributed by atoms with Gasteiger partial charge in [-0.25, -0.2) is 0 Å². The van der Waals surface area contributed by atoms with Crippen LogP contribution in [0.1, 0.15) is 40.0 Å². The molecule has 6 nitrogen and oxygen atoms in total. The van der Waals surface area contributed by atoms with Gasteiger partial charge in [-0.05, 0) is 33.1 Å². The average molecular weight is 313 g/mol. The monoisotopic (exact) mass is 313 g/mol. The molecule has 2 saturated carbocycles. The highest BCUT2D eigenvalue weighted by Crippen LogP contribution is 2.61. The lowest BCUT2D eigenvalue weighted by molar-refractivity contribution is -0.166. The molecule has 1 saturated heterocycles. The molecule has 1 aliphatic heterocycles. The maximum absolute atomic E-state index is 12.2. The number of hydrogen-bond acceptors (Lipinski definition) is 6. The van der Waals surface area contributed by atoms with E-state index in [1.165, 1.54) is 0 Å². The SMILES string of the molecule is CCC(C)(C)C(=O)OC1C2CC3C1OS(=O)(=O)C3(C#N)C2. The molecule has 0 aromatic carbocycles. The van der Waals surface area contributed by atoms with Crippen molar-refractivity contribution in [2.75, 3.05) is 0 Å². The summed E-state index contributed by atoms with van der Waals surface area (Å²) in [7, 11) is -3.91. The van der Waals surface area contributed by atoms with Crippen molar-refractivity contribution < 1.29 is 22.1 Å². The molecule has 7 heteroatoms. The van der Waals surface area contributed by atoms with Gasteiger partial charge in [0.15, 0.2) is 4.75 Å². The highest BCUT2D eigenvalue weighted by Gasteiger charge is 2.74. The minimum Gasteiger partial charge on any atom is -0.459 e. The van der Waals surface area contributed by atoms with Crippen LogP contribution in [0.15, 0.2) is 0 Å². The fourth-order valence-electron chi connectivity index (χ4n) is 3.70. The van der Waals surface area contributed by atoms with E-state index in [1.54, 1.807) is 13.8 Å². The molecule has 0 spiro atoms. The molecular formula is C14H19NO5S. The molecule has 0 amide bonds. The van der Waals surface area contributed by atoms with Crippen LogP contribution in [-0.2, 0) is 23.8 Å². The van der Waals surface area contributed by atoms with E-state index in [0.717, 1.165) is 0 Å². The Bertz CT molecular complexity index is 634. The number of esters is 1. The molecule has 3 rings (SSSR count). The quantitative estimate of drug-likeness (QED) is 0.577. The Morgan fingerprint density at radius 1 is 1.52 bits per heavy atom. The van der Waals surface area contributed by atoms with E-state index in [9.17, 15) is 18.5 Å². The van der Waals surface area contributed by atoms with Crippen molar-refractivity contribution in [3.63, 3.8) is 0 Å². The van der Waals surface area contributed by atoms with Crippen LogP contribution in [0.25, 0.3) is 0 Å². The lowest BCUT2D eigenvalue weighted by Crippen LogP contribution is -2.44. The third kappa shape index (κ3) is 1.72. The molecule has 2 aliphatic carbocycles. The van der Waals surface area contributed by atoms with Gasteiger partial charge in [0.25, 0.3) is 10.1 Å². The van der Waals surface area contributed by atoms with Gasteiger partial charge < -0.3 is 4.74 Å². The standard InChI is InChI=1S/C14H19NO5S/c1-4-13(2,3)12(16)19-10-8-5-9-11(10)20-21(17,18)14(9,6-8)7-15/h8-11H,4-6H2,1-3H3. The predicted molar refractivity (Wildman–Crippen MR) is 72.3 cm³/mol. The van der Waals surface area contributed by atoms with Crippen molar-refractivity contribution in [2.45, 2.75) is 57.0 Å². The molecule has 5 atom stereocenters. The Labute approximate surface area is 124 Å². The van der Waals surface area contributed by atoms with Gasteiger partial charge in [-0.1, -0.05) is 6.92 Å². The fraction of sp³-hybridized carbons (Fsp3) is 0.857. The Kier molecular flexibility index (Phi) is 2.96. The van der Waals surface area contributed by atoms with Gasteiger partial charge in [0.1, 0.15) is 12.2 Å². The third-order valence-corrected chi connectivity index (χ3v) is 7.39. The summed E-state index contributed by atoms with van der Waals surface area (Å²) >= 11 is 0. The van der Waals surface area contributed by atoms with Crippen LogP contribution in [-0.4, -0.2) is 31.3 Å². The smallest absolute Gasteiger partial charge is 0.311 e. The second kappa shape index (κ2) is 4.20. The summed E-state index contributed by atoms with van der Waals surface area (Å²) < 4.78 is 33.6. The molecular weight excluding hydrogens is 294 g/mol. The molecule has 116 valence electrons. The Morgan fingerprint density at radius 2 is 2.19 bits per heavy atom. The fourth-order valence-corrected chi connectivity index (χ4v) is 5.54. The van der Waals surface area contributed by atoms with Crippen molar-refractivity contribution in [1.29, 1.82) is 5.26 Å². The maximum Gasteiger partial charge on any atom is 0.311 e. The van der Waals surface area contributed by atoms with Crippen LogP contribution in [0.4, 0.5) is 0 Å². The normalized spacial score (nSPS) is 42.8.